The Labute approximate surface area is 110 Å². The lowest BCUT2D eigenvalue weighted by molar-refractivity contribution is 0.422. The Morgan fingerprint density at radius 3 is 2.75 bits per heavy atom. The van der Waals surface area contributed by atoms with Crippen molar-refractivity contribution in [3.05, 3.63) is 18.2 Å². The van der Waals surface area contributed by atoms with Crippen molar-refractivity contribution in [2.45, 2.75) is 38.6 Å². The van der Waals surface area contributed by atoms with Crippen LogP contribution >= 0.6 is 24.8 Å². The van der Waals surface area contributed by atoms with Gasteiger partial charge < -0.3 is 9.88 Å². The molecule has 1 unspecified atom stereocenters. The number of halogens is 2. The van der Waals surface area contributed by atoms with E-state index < -0.39 is 0 Å². The lowest BCUT2D eigenvalue weighted by Gasteiger charge is -2.24. The van der Waals surface area contributed by atoms with Crippen LogP contribution in [0, 0.1) is 0 Å². The van der Waals surface area contributed by atoms with Crippen molar-refractivity contribution in [3.63, 3.8) is 0 Å². The van der Waals surface area contributed by atoms with Gasteiger partial charge in [0.05, 0.1) is 0 Å². The summed E-state index contributed by atoms with van der Waals surface area (Å²) in [5.74, 6) is 1.87. The van der Waals surface area contributed by atoms with Gasteiger partial charge in [0, 0.05) is 30.9 Å². The maximum Gasteiger partial charge on any atom is 0.113 e. The third-order valence-electron chi connectivity index (χ3n) is 2.92. The fourth-order valence-electron chi connectivity index (χ4n) is 2.15. The number of imidazole rings is 1. The highest BCUT2D eigenvalue weighted by atomic mass is 35.5. The standard InChI is InChI=1S/C11H19N3.2ClH/c1-9(2)14-7-6-13-11(14)10-4-3-5-12-8-10;;/h6-7,9-10,12H,3-5,8H2,1-2H3;2*1H. The van der Waals surface area contributed by atoms with Crippen LogP contribution in [0.1, 0.15) is 44.5 Å². The topological polar surface area (TPSA) is 29.9 Å². The molecular formula is C11H21Cl2N3. The van der Waals surface area contributed by atoms with Crippen LogP contribution in [0.3, 0.4) is 0 Å². The molecule has 2 heterocycles. The Morgan fingerprint density at radius 1 is 1.44 bits per heavy atom. The SMILES string of the molecule is CC(C)n1ccnc1C1CCCNC1.Cl.Cl. The predicted octanol–water partition coefficient (Wildman–Crippen LogP) is 2.77. The van der Waals surface area contributed by atoms with Gasteiger partial charge in [0.25, 0.3) is 0 Å². The van der Waals surface area contributed by atoms with Gasteiger partial charge in [0.15, 0.2) is 0 Å². The lowest BCUT2D eigenvalue weighted by atomic mass is 9.98. The number of hydrogen-bond acceptors (Lipinski definition) is 2. The number of hydrogen-bond donors (Lipinski definition) is 1. The minimum atomic E-state index is 0. The van der Waals surface area contributed by atoms with Crippen LogP contribution in [-0.2, 0) is 0 Å². The second kappa shape index (κ2) is 7.15. The molecular weight excluding hydrogens is 245 g/mol. The van der Waals surface area contributed by atoms with E-state index in [1.165, 1.54) is 25.2 Å². The van der Waals surface area contributed by atoms with Crippen LogP contribution in [0.5, 0.6) is 0 Å². The summed E-state index contributed by atoms with van der Waals surface area (Å²) in [4.78, 5) is 4.48. The lowest BCUT2D eigenvalue weighted by Crippen LogP contribution is -2.30. The molecule has 0 aromatic carbocycles. The summed E-state index contributed by atoms with van der Waals surface area (Å²) in [5, 5.41) is 3.44. The van der Waals surface area contributed by atoms with Crippen LogP contribution in [-0.4, -0.2) is 22.6 Å². The van der Waals surface area contributed by atoms with Gasteiger partial charge in [0.2, 0.25) is 0 Å². The Hall–Kier alpha value is -0.250. The van der Waals surface area contributed by atoms with Crippen molar-refractivity contribution in [2.24, 2.45) is 0 Å². The van der Waals surface area contributed by atoms with E-state index in [1.807, 2.05) is 6.20 Å². The third-order valence-corrected chi connectivity index (χ3v) is 2.92. The molecule has 0 bridgehead atoms. The summed E-state index contributed by atoms with van der Waals surface area (Å²) in [7, 11) is 0. The Balaban J connectivity index is 0.00000112. The minimum Gasteiger partial charge on any atom is -0.332 e. The molecule has 0 radical (unpaired) electrons. The number of piperidine rings is 1. The summed E-state index contributed by atoms with van der Waals surface area (Å²) in [6.07, 6.45) is 6.56. The van der Waals surface area contributed by atoms with E-state index in [9.17, 15) is 0 Å². The predicted molar refractivity (Wildman–Crippen MR) is 72.0 cm³/mol. The first-order valence-corrected chi connectivity index (χ1v) is 5.52. The average Bonchev–Trinajstić information content (AvgIpc) is 2.67. The minimum absolute atomic E-state index is 0. The maximum absolute atomic E-state index is 4.48. The van der Waals surface area contributed by atoms with Gasteiger partial charge in [-0.3, -0.25) is 0 Å². The molecule has 5 heteroatoms. The fraction of sp³-hybridized carbons (Fsp3) is 0.727. The molecule has 2 rings (SSSR count). The van der Waals surface area contributed by atoms with Crippen molar-refractivity contribution in [1.29, 1.82) is 0 Å². The van der Waals surface area contributed by atoms with Crippen molar-refractivity contribution >= 4 is 24.8 Å². The van der Waals surface area contributed by atoms with Crippen LogP contribution in [0.25, 0.3) is 0 Å². The van der Waals surface area contributed by atoms with Gasteiger partial charge in [-0.05, 0) is 33.2 Å². The second-order valence-electron chi connectivity index (χ2n) is 4.33. The highest BCUT2D eigenvalue weighted by molar-refractivity contribution is 5.85. The maximum atomic E-state index is 4.48. The van der Waals surface area contributed by atoms with E-state index in [0.717, 1.165) is 6.54 Å². The van der Waals surface area contributed by atoms with Gasteiger partial charge in [0.1, 0.15) is 5.82 Å². The Kier molecular flexibility index (Phi) is 7.04. The molecule has 1 aromatic heterocycles. The van der Waals surface area contributed by atoms with Crippen LogP contribution < -0.4 is 5.32 Å². The highest BCUT2D eigenvalue weighted by Gasteiger charge is 2.20. The zero-order valence-electron chi connectivity index (χ0n) is 9.85. The fourth-order valence-corrected chi connectivity index (χ4v) is 2.15. The van der Waals surface area contributed by atoms with Gasteiger partial charge >= 0.3 is 0 Å². The molecule has 1 N–H and O–H groups in total. The van der Waals surface area contributed by atoms with E-state index in [-0.39, 0.29) is 24.8 Å². The molecule has 1 aliphatic rings. The summed E-state index contributed by atoms with van der Waals surface area (Å²) >= 11 is 0. The molecule has 1 atom stereocenters. The van der Waals surface area contributed by atoms with E-state index >= 15 is 0 Å². The first-order chi connectivity index (χ1) is 6.79. The summed E-state index contributed by atoms with van der Waals surface area (Å²) in [6.45, 7) is 6.67. The normalized spacial score (nSPS) is 20.1. The molecule has 0 spiro atoms. The van der Waals surface area contributed by atoms with Gasteiger partial charge in [-0.25, -0.2) is 4.98 Å². The summed E-state index contributed by atoms with van der Waals surface area (Å²) in [6, 6.07) is 0.523. The molecule has 0 aliphatic carbocycles. The zero-order chi connectivity index (χ0) is 9.97. The van der Waals surface area contributed by atoms with Crippen LogP contribution in [0.15, 0.2) is 12.4 Å². The number of rotatable bonds is 2. The van der Waals surface area contributed by atoms with Gasteiger partial charge in [-0.2, -0.15) is 0 Å². The largest absolute Gasteiger partial charge is 0.332 e. The van der Waals surface area contributed by atoms with Crippen molar-refractivity contribution < 1.29 is 0 Å². The highest BCUT2D eigenvalue weighted by Crippen LogP contribution is 2.23. The van der Waals surface area contributed by atoms with Crippen LogP contribution in [0.2, 0.25) is 0 Å². The molecule has 1 aliphatic heterocycles. The van der Waals surface area contributed by atoms with E-state index in [2.05, 4.69) is 34.9 Å². The van der Waals surface area contributed by atoms with E-state index in [1.54, 1.807) is 0 Å². The molecule has 3 nitrogen and oxygen atoms in total. The van der Waals surface area contributed by atoms with E-state index in [0.29, 0.717) is 12.0 Å². The van der Waals surface area contributed by atoms with Gasteiger partial charge in [-0.15, -0.1) is 24.8 Å². The quantitative estimate of drug-likeness (QED) is 0.892. The third kappa shape index (κ3) is 3.37. The van der Waals surface area contributed by atoms with Crippen molar-refractivity contribution in [2.75, 3.05) is 13.1 Å². The number of aromatic nitrogens is 2. The monoisotopic (exact) mass is 265 g/mol. The number of nitrogens with one attached hydrogen (secondary N) is 1. The molecule has 1 fully saturated rings. The molecule has 1 saturated heterocycles. The summed E-state index contributed by atoms with van der Waals surface area (Å²) in [5.41, 5.74) is 0. The zero-order valence-corrected chi connectivity index (χ0v) is 11.5. The van der Waals surface area contributed by atoms with E-state index in [4.69, 9.17) is 0 Å². The Morgan fingerprint density at radius 2 is 2.19 bits per heavy atom. The molecule has 16 heavy (non-hydrogen) atoms. The Bertz CT molecular complexity index is 293. The second-order valence-corrected chi connectivity index (χ2v) is 4.33. The summed E-state index contributed by atoms with van der Waals surface area (Å²) < 4.78 is 2.29. The van der Waals surface area contributed by atoms with Gasteiger partial charge in [-0.1, -0.05) is 0 Å². The van der Waals surface area contributed by atoms with Crippen LogP contribution in [0.4, 0.5) is 0 Å². The first-order valence-electron chi connectivity index (χ1n) is 5.52. The molecule has 94 valence electrons. The smallest absolute Gasteiger partial charge is 0.113 e. The van der Waals surface area contributed by atoms with Crippen molar-refractivity contribution in [3.8, 4) is 0 Å². The first kappa shape index (κ1) is 15.8. The average molecular weight is 266 g/mol. The molecule has 0 saturated carbocycles. The molecule has 1 aromatic rings. The van der Waals surface area contributed by atoms with Crippen molar-refractivity contribution in [1.82, 2.24) is 14.9 Å². The number of nitrogens with zero attached hydrogens (tertiary/aromatic N) is 2. The molecule has 0 amide bonds.